The number of benzene rings is 1. The maximum atomic E-state index is 12.0. The lowest BCUT2D eigenvalue weighted by molar-refractivity contribution is -0.124. The maximum absolute atomic E-state index is 12.0. The summed E-state index contributed by atoms with van der Waals surface area (Å²) in [6.45, 7) is 3.86. The molecule has 112 valence electrons. The first-order valence-corrected chi connectivity index (χ1v) is 7.17. The van der Waals surface area contributed by atoms with E-state index in [0.717, 1.165) is 5.56 Å². The molecule has 1 atom stereocenters. The molecule has 1 aromatic heterocycles. The van der Waals surface area contributed by atoms with Crippen LogP contribution < -0.4 is 10.6 Å². The summed E-state index contributed by atoms with van der Waals surface area (Å²) in [5, 5.41) is 10.2. The summed E-state index contributed by atoms with van der Waals surface area (Å²) in [7, 11) is 1.85. The average Bonchev–Trinajstić information content (AvgIpc) is 2.99. The third kappa shape index (κ3) is 4.43. The van der Waals surface area contributed by atoms with Gasteiger partial charge in [-0.25, -0.2) is 0 Å². The van der Waals surface area contributed by atoms with Crippen molar-refractivity contribution in [2.24, 2.45) is 5.92 Å². The van der Waals surface area contributed by atoms with Crippen LogP contribution in [0.15, 0.2) is 42.7 Å². The SMILES string of the molecule is CNCC(C)C(=O)NCc1ccccc1Cn1cccn1. The Hall–Kier alpha value is -2.14. The van der Waals surface area contributed by atoms with Gasteiger partial charge in [-0.05, 0) is 24.2 Å². The lowest BCUT2D eigenvalue weighted by atomic mass is 10.1. The Kier molecular flexibility index (Phi) is 5.51. The fourth-order valence-corrected chi connectivity index (χ4v) is 2.21. The van der Waals surface area contributed by atoms with E-state index in [1.165, 1.54) is 5.56 Å². The second kappa shape index (κ2) is 7.59. The zero-order chi connectivity index (χ0) is 15.1. The van der Waals surface area contributed by atoms with Gasteiger partial charge in [0.05, 0.1) is 6.54 Å². The third-order valence-electron chi connectivity index (χ3n) is 3.42. The topological polar surface area (TPSA) is 59.0 Å². The molecule has 0 aliphatic rings. The van der Waals surface area contributed by atoms with E-state index in [1.807, 2.05) is 49.1 Å². The number of aromatic nitrogens is 2. The van der Waals surface area contributed by atoms with Crippen LogP contribution in [0.3, 0.4) is 0 Å². The molecule has 0 saturated carbocycles. The highest BCUT2D eigenvalue weighted by atomic mass is 16.1. The van der Waals surface area contributed by atoms with E-state index in [2.05, 4.69) is 21.8 Å². The van der Waals surface area contributed by atoms with E-state index in [9.17, 15) is 4.79 Å². The zero-order valence-corrected chi connectivity index (χ0v) is 12.5. The summed E-state index contributed by atoms with van der Waals surface area (Å²) in [4.78, 5) is 12.0. The standard InChI is InChI=1S/C16H22N4O/c1-13(10-17-2)16(21)18-11-14-6-3-4-7-15(14)12-20-9-5-8-19-20/h3-9,13,17H,10-12H2,1-2H3,(H,18,21). The predicted octanol–water partition coefficient (Wildman–Crippen LogP) is 1.40. The van der Waals surface area contributed by atoms with E-state index in [4.69, 9.17) is 0 Å². The quantitative estimate of drug-likeness (QED) is 0.809. The molecule has 0 saturated heterocycles. The molecule has 2 N–H and O–H groups in total. The number of nitrogens with zero attached hydrogens (tertiary/aromatic N) is 2. The van der Waals surface area contributed by atoms with Crippen LogP contribution in [0.5, 0.6) is 0 Å². The Balaban J connectivity index is 1.98. The van der Waals surface area contributed by atoms with Crippen molar-refractivity contribution in [3.05, 3.63) is 53.9 Å². The number of carbonyl (C=O) groups excluding carboxylic acids is 1. The van der Waals surface area contributed by atoms with Gasteiger partial charge in [-0.1, -0.05) is 31.2 Å². The van der Waals surface area contributed by atoms with Crippen molar-refractivity contribution >= 4 is 5.91 Å². The minimum absolute atomic E-state index is 0.0340. The van der Waals surface area contributed by atoms with E-state index < -0.39 is 0 Å². The molecule has 5 nitrogen and oxygen atoms in total. The second-order valence-electron chi connectivity index (χ2n) is 5.15. The maximum Gasteiger partial charge on any atom is 0.224 e. The van der Waals surface area contributed by atoms with Crippen molar-refractivity contribution in [1.82, 2.24) is 20.4 Å². The Labute approximate surface area is 125 Å². The highest BCUT2D eigenvalue weighted by Crippen LogP contribution is 2.10. The van der Waals surface area contributed by atoms with Crippen LogP contribution in [0.25, 0.3) is 0 Å². The number of amides is 1. The molecular formula is C16H22N4O. The third-order valence-corrected chi connectivity index (χ3v) is 3.42. The van der Waals surface area contributed by atoms with Gasteiger partial charge in [0.2, 0.25) is 5.91 Å². The molecule has 0 aliphatic heterocycles. The predicted molar refractivity (Wildman–Crippen MR) is 82.7 cm³/mol. The lowest BCUT2D eigenvalue weighted by Crippen LogP contribution is -2.34. The minimum atomic E-state index is -0.0340. The van der Waals surface area contributed by atoms with Gasteiger partial charge in [0.1, 0.15) is 0 Å². The van der Waals surface area contributed by atoms with Gasteiger partial charge < -0.3 is 10.6 Å². The van der Waals surface area contributed by atoms with Crippen molar-refractivity contribution in [2.75, 3.05) is 13.6 Å². The normalized spacial score (nSPS) is 12.1. The summed E-state index contributed by atoms with van der Waals surface area (Å²) in [5.74, 6) is 0.0338. The van der Waals surface area contributed by atoms with Gasteiger partial charge in [-0.2, -0.15) is 5.10 Å². The molecule has 21 heavy (non-hydrogen) atoms. The number of hydrogen-bond donors (Lipinski definition) is 2. The molecule has 5 heteroatoms. The number of carbonyl (C=O) groups is 1. The first-order chi connectivity index (χ1) is 10.2. The Morgan fingerprint density at radius 2 is 2.05 bits per heavy atom. The highest BCUT2D eigenvalue weighted by molar-refractivity contribution is 5.78. The second-order valence-corrected chi connectivity index (χ2v) is 5.15. The van der Waals surface area contributed by atoms with Crippen molar-refractivity contribution in [3.63, 3.8) is 0 Å². The monoisotopic (exact) mass is 286 g/mol. The summed E-state index contributed by atoms with van der Waals surface area (Å²) in [6, 6.07) is 10.0. The van der Waals surface area contributed by atoms with E-state index in [1.54, 1.807) is 6.20 Å². The van der Waals surface area contributed by atoms with E-state index in [0.29, 0.717) is 19.6 Å². The van der Waals surface area contributed by atoms with Crippen LogP contribution in [0, 0.1) is 5.92 Å². The summed E-state index contributed by atoms with van der Waals surface area (Å²) in [5.41, 5.74) is 2.29. The van der Waals surface area contributed by atoms with Crippen LogP contribution in [0.2, 0.25) is 0 Å². The van der Waals surface area contributed by atoms with Crippen LogP contribution in [-0.2, 0) is 17.9 Å². The number of nitrogens with one attached hydrogen (secondary N) is 2. The summed E-state index contributed by atoms with van der Waals surface area (Å²) in [6.07, 6.45) is 3.70. The van der Waals surface area contributed by atoms with E-state index in [-0.39, 0.29) is 11.8 Å². The molecule has 2 aromatic rings. The Morgan fingerprint density at radius 3 is 2.71 bits per heavy atom. The van der Waals surface area contributed by atoms with Gasteiger partial charge in [0, 0.05) is 31.4 Å². The minimum Gasteiger partial charge on any atom is -0.352 e. The first kappa shape index (κ1) is 15.3. The van der Waals surface area contributed by atoms with Crippen LogP contribution in [0.1, 0.15) is 18.1 Å². The highest BCUT2D eigenvalue weighted by Gasteiger charge is 2.12. The molecule has 1 amide bonds. The van der Waals surface area contributed by atoms with Crippen molar-refractivity contribution in [1.29, 1.82) is 0 Å². The molecule has 0 spiro atoms. The van der Waals surface area contributed by atoms with Crippen LogP contribution >= 0.6 is 0 Å². The zero-order valence-electron chi connectivity index (χ0n) is 12.5. The van der Waals surface area contributed by atoms with Gasteiger partial charge in [0.15, 0.2) is 0 Å². The number of rotatable bonds is 7. The summed E-state index contributed by atoms with van der Waals surface area (Å²) >= 11 is 0. The van der Waals surface area contributed by atoms with Gasteiger partial charge in [-0.3, -0.25) is 9.48 Å². The molecule has 0 radical (unpaired) electrons. The molecule has 1 unspecified atom stereocenters. The van der Waals surface area contributed by atoms with E-state index >= 15 is 0 Å². The molecule has 0 aliphatic carbocycles. The van der Waals surface area contributed by atoms with Gasteiger partial charge in [-0.15, -0.1) is 0 Å². The van der Waals surface area contributed by atoms with Crippen molar-refractivity contribution < 1.29 is 4.79 Å². The fraction of sp³-hybridized carbons (Fsp3) is 0.375. The first-order valence-electron chi connectivity index (χ1n) is 7.17. The number of hydrogen-bond acceptors (Lipinski definition) is 3. The Morgan fingerprint density at radius 1 is 1.29 bits per heavy atom. The van der Waals surface area contributed by atoms with Gasteiger partial charge >= 0.3 is 0 Å². The Bertz CT molecular complexity index is 565. The largest absolute Gasteiger partial charge is 0.352 e. The molecular weight excluding hydrogens is 264 g/mol. The smallest absolute Gasteiger partial charge is 0.224 e. The molecule has 1 heterocycles. The molecule has 0 bridgehead atoms. The van der Waals surface area contributed by atoms with Gasteiger partial charge in [0.25, 0.3) is 0 Å². The average molecular weight is 286 g/mol. The molecule has 0 fully saturated rings. The van der Waals surface area contributed by atoms with Crippen molar-refractivity contribution in [3.8, 4) is 0 Å². The van der Waals surface area contributed by atoms with Crippen LogP contribution in [0.4, 0.5) is 0 Å². The molecule has 1 aromatic carbocycles. The lowest BCUT2D eigenvalue weighted by Gasteiger charge is -2.14. The van der Waals surface area contributed by atoms with Crippen molar-refractivity contribution in [2.45, 2.75) is 20.0 Å². The fourth-order valence-electron chi connectivity index (χ4n) is 2.21. The molecule has 2 rings (SSSR count). The summed E-state index contributed by atoms with van der Waals surface area (Å²) < 4.78 is 1.88. The van der Waals surface area contributed by atoms with Crippen LogP contribution in [-0.4, -0.2) is 29.3 Å².